The average Bonchev–Trinajstić information content (AvgIpc) is 2.77. The first-order chi connectivity index (χ1) is 14.2. The predicted molar refractivity (Wildman–Crippen MR) is 116 cm³/mol. The van der Waals surface area contributed by atoms with Crippen LogP contribution in [0, 0.1) is 0 Å². The molecule has 154 valence electrons. The molecule has 2 aromatic rings. The van der Waals surface area contributed by atoms with E-state index in [1.165, 1.54) is 25.3 Å². The first-order valence-electron chi connectivity index (χ1n) is 9.80. The highest BCUT2D eigenvalue weighted by atomic mass is 16.5. The first-order valence-corrected chi connectivity index (χ1v) is 9.80. The molecule has 6 heteroatoms. The van der Waals surface area contributed by atoms with Crippen molar-refractivity contribution in [3.8, 4) is 17.2 Å². The number of anilines is 2. The summed E-state index contributed by atoms with van der Waals surface area (Å²) in [4.78, 5) is 14.9. The number of hydrogen-bond donors (Lipinski definition) is 1. The Labute approximate surface area is 172 Å². The summed E-state index contributed by atoms with van der Waals surface area (Å²) in [6, 6.07) is 11.5. The van der Waals surface area contributed by atoms with E-state index in [9.17, 15) is 4.79 Å². The zero-order chi connectivity index (χ0) is 20.6. The van der Waals surface area contributed by atoms with Gasteiger partial charge in [0, 0.05) is 24.7 Å². The molecule has 0 spiro atoms. The molecule has 3 rings (SSSR count). The van der Waals surface area contributed by atoms with Crippen molar-refractivity contribution in [1.29, 1.82) is 0 Å². The van der Waals surface area contributed by atoms with E-state index in [1.807, 2.05) is 24.3 Å². The van der Waals surface area contributed by atoms with Gasteiger partial charge in [0.05, 0.1) is 32.7 Å². The first kappa shape index (κ1) is 20.6. The van der Waals surface area contributed by atoms with Crippen LogP contribution in [0.3, 0.4) is 0 Å². The lowest BCUT2D eigenvalue weighted by atomic mass is 10.1. The summed E-state index contributed by atoms with van der Waals surface area (Å²) in [5.74, 6) is 1.38. The van der Waals surface area contributed by atoms with Crippen molar-refractivity contribution in [3.05, 3.63) is 48.0 Å². The Morgan fingerprint density at radius 1 is 0.931 bits per heavy atom. The Morgan fingerprint density at radius 2 is 1.66 bits per heavy atom. The predicted octanol–water partition coefficient (Wildman–Crippen LogP) is 4.35. The van der Waals surface area contributed by atoms with Gasteiger partial charge in [0.2, 0.25) is 11.7 Å². The van der Waals surface area contributed by atoms with Gasteiger partial charge in [-0.1, -0.05) is 12.1 Å². The molecule has 6 nitrogen and oxygen atoms in total. The fourth-order valence-corrected chi connectivity index (χ4v) is 3.59. The molecule has 1 amide bonds. The molecule has 1 saturated heterocycles. The second-order valence-corrected chi connectivity index (χ2v) is 6.81. The largest absolute Gasteiger partial charge is 0.493 e. The molecule has 1 aliphatic heterocycles. The lowest BCUT2D eigenvalue weighted by Crippen LogP contribution is -2.30. The van der Waals surface area contributed by atoms with Gasteiger partial charge in [0.15, 0.2) is 11.5 Å². The molecule has 0 atom stereocenters. The highest BCUT2D eigenvalue weighted by molar-refractivity contribution is 6.04. The molecule has 2 aromatic carbocycles. The van der Waals surface area contributed by atoms with Crippen LogP contribution in [-0.4, -0.2) is 40.3 Å². The standard InChI is InChI=1S/C23H28N2O4/c1-27-20-13-11-17(22(28-2)23(20)29-3)12-14-21(26)24-18-9-5-6-10-19(18)25-15-7-4-8-16-25/h5-6,9-14H,4,7-8,15-16H2,1-3H3,(H,24,26). The van der Waals surface area contributed by atoms with Gasteiger partial charge in [-0.3, -0.25) is 4.79 Å². The number of rotatable bonds is 7. The van der Waals surface area contributed by atoms with E-state index >= 15 is 0 Å². The number of ether oxygens (including phenoxy) is 3. The zero-order valence-electron chi connectivity index (χ0n) is 17.2. The number of hydrogen-bond acceptors (Lipinski definition) is 5. The molecular formula is C23H28N2O4. The maximum atomic E-state index is 12.6. The summed E-state index contributed by atoms with van der Waals surface area (Å²) < 4.78 is 16.2. The van der Waals surface area contributed by atoms with Gasteiger partial charge in [-0.05, 0) is 49.6 Å². The quantitative estimate of drug-likeness (QED) is 0.705. The second kappa shape index (κ2) is 9.87. The number of carbonyl (C=O) groups excluding carboxylic acids is 1. The summed E-state index contributed by atoms with van der Waals surface area (Å²) in [5, 5.41) is 3.00. The van der Waals surface area contributed by atoms with Crippen LogP contribution in [0.15, 0.2) is 42.5 Å². The zero-order valence-corrected chi connectivity index (χ0v) is 17.2. The molecule has 29 heavy (non-hydrogen) atoms. The number of amides is 1. The maximum absolute atomic E-state index is 12.6. The molecule has 1 N–H and O–H groups in total. The third kappa shape index (κ3) is 4.83. The number of nitrogens with one attached hydrogen (secondary N) is 1. The van der Waals surface area contributed by atoms with Crippen molar-refractivity contribution in [2.45, 2.75) is 19.3 Å². The van der Waals surface area contributed by atoms with E-state index in [-0.39, 0.29) is 5.91 Å². The van der Waals surface area contributed by atoms with Crippen molar-refractivity contribution in [3.63, 3.8) is 0 Å². The van der Waals surface area contributed by atoms with E-state index in [0.29, 0.717) is 17.2 Å². The molecule has 1 aliphatic rings. The molecule has 0 unspecified atom stereocenters. The fourth-order valence-electron chi connectivity index (χ4n) is 3.59. The van der Waals surface area contributed by atoms with E-state index in [4.69, 9.17) is 14.2 Å². The summed E-state index contributed by atoms with van der Waals surface area (Å²) in [7, 11) is 4.68. The van der Waals surface area contributed by atoms with Crippen LogP contribution in [0.4, 0.5) is 11.4 Å². The minimum absolute atomic E-state index is 0.203. The minimum Gasteiger partial charge on any atom is -0.493 e. The average molecular weight is 396 g/mol. The SMILES string of the molecule is COc1ccc(C=CC(=O)Nc2ccccc2N2CCCCC2)c(OC)c1OC. The Balaban J connectivity index is 1.77. The highest BCUT2D eigenvalue weighted by Crippen LogP contribution is 2.40. The molecule has 0 radical (unpaired) electrons. The Kier molecular flexibility index (Phi) is 7.00. The van der Waals surface area contributed by atoms with Gasteiger partial charge in [-0.2, -0.15) is 0 Å². The van der Waals surface area contributed by atoms with Crippen molar-refractivity contribution in [1.82, 2.24) is 0 Å². The lowest BCUT2D eigenvalue weighted by Gasteiger charge is -2.30. The van der Waals surface area contributed by atoms with Gasteiger partial charge in [-0.25, -0.2) is 0 Å². The van der Waals surface area contributed by atoms with E-state index in [2.05, 4.69) is 16.3 Å². The number of methoxy groups -OCH3 is 3. The second-order valence-electron chi connectivity index (χ2n) is 6.81. The third-order valence-corrected chi connectivity index (χ3v) is 5.01. The smallest absolute Gasteiger partial charge is 0.248 e. The Hall–Kier alpha value is -3.15. The van der Waals surface area contributed by atoms with Crippen LogP contribution in [0.2, 0.25) is 0 Å². The van der Waals surface area contributed by atoms with E-state index in [0.717, 1.165) is 30.0 Å². The van der Waals surface area contributed by atoms with Gasteiger partial charge in [-0.15, -0.1) is 0 Å². The van der Waals surface area contributed by atoms with Crippen LogP contribution in [0.1, 0.15) is 24.8 Å². The number of benzene rings is 2. The molecule has 0 aromatic heterocycles. The number of piperidine rings is 1. The van der Waals surface area contributed by atoms with Gasteiger partial charge >= 0.3 is 0 Å². The highest BCUT2D eigenvalue weighted by Gasteiger charge is 2.16. The van der Waals surface area contributed by atoms with Gasteiger partial charge in [0.25, 0.3) is 0 Å². The van der Waals surface area contributed by atoms with Gasteiger partial charge < -0.3 is 24.4 Å². The third-order valence-electron chi connectivity index (χ3n) is 5.01. The molecule has 0 aliphatic carbocycles. The van der Waals surface area contributed by atoms with Crippen LogP contribution in [-0.2, 0) is 4.79 Å². The fraction of sp³-hybridized carbons (Fsp3) is 0.348. The van der Waals surface area contributed by atoms with Crippen LogP contribution < -0.4 is 24.4 Å². The molecule has 1 heterocycles. The van der Waals surface area contributed by atoms with E-state index in [1.54, 1.807) is 33.5 Å². The summed E-state index contributed by atoms with van der Waals surface area (Å²) in [5.41, 5.74) is 2.62. The monoisotopic (exact) mass is 396 g/mol. The number of carbonyl (C=O) groups is 1. The van der Waals surface area contributed by atoms with Crippen molar-refractivity contribution < 1.29 is 19.0 Å². The number of para-hydroxylation sites is 2. The summed E-state index contributed by atoms with van der Waals surface area (Å²) in [6.07, 6.45) is 6.83. The lowest BCUT2D eigenvalue weighted by molar-refractivity contribution is -0.111. The summed E-state index contributed by atoms with van der Waals surface area (Å²) >= 11 is 0. The van der Waals surface area contributed by atoms with Crippen molar-refractivity contribution in [2.75, 3.05) is 44.6 Å². The molecular weight excluding hydrogens is 368 g/mol. The van der Waals surface area contributed by atoms with Crippen LogP contribution in [0.5, 0.6) is 17.2 Å². The maximum Gasteiger partial charge on any atom is 0.248 e. The summed E-state index contributed by atoms with van der Waals surface area (Å²) in [6.45, 7) is 2.04. The topological polar surface area (TPSA) is 60.0 Å². The Bertz CT molecular complexity index is 873. The van der Waals surface area contributed by atoms with Crippen molar-refractivity contribution >= 4 is 23.4 Å². The minimum atomic E-state index is -0.203. The molecule has 1 fully saturated rings. The normalized spacial score (nSPS) is 14.0. The Morgan fingerprint density at radius 3 is 2.34 bits per heavy atom. The van der Waals surface area contributed by atoms with Gasteiger partial charge in [0.1, 0.15) is 0 Å². The molecule has 0 saturated carbocycles. The van der Waals surface area contributed by atoms with Crippen LogP contribution >= 0.6 is 0 Å². The number of nitrogens with zero attached hydrogens (tertiary/aromatic N) is 1. The molecule has 0 bridgehead atoms. The van der Waals surface area contributed by atoms with Crippen molar-refractivity contribution in [2.24, 2.45) is 0 Å². The van der Waals surface area contributed by atoms with E-state index < -0.39 is 0 Å². The van der Waals surface area contributed by atoms with Crippen LogP contribution in [0.25, 0.3) is 6.08 Å².